The van der Waals surface area contributed by atoms with Crippen LogP contribution in [0.3, 0.4) is 0 Å². The molecule has 2 N–H and O–H groups in total. The van der Waals surface area contributed by atoms with E-state index in [9.17, 15) is 4.79 Å². The second-order valence-corrected chi connectivity index (χ2v) is 7.69. The third kappa shape index (κ3) is 26.2. The monoisotopic (exact) mass is 328 g/mol. The highest BCUT2D eigenvalue weighted by atomic mass is 16.4. The first-order valence-electron chi connectivity index (χ1n) is 9.27. The Bertz CT molecular complexity index is 294. The predicted octanol–water partition coefficient (Wildman–Crippen LogP) is 6.59. The van der Waals surface area contributed by atoms with Crippen molar-refractivity contribution in [3.05, 3.63) is 11.8 Å². The Morgan fingerprint density at radius 3 is 1.39 bits per heavy atom. The Labute approximate surface area is 144 Å². The number of allylic oxidation sites excluding steroid dienone is 1. The zero-order valence-corrected chi connectivity index (χ0v) is 16.3. The molecule has 0 aromatic heterocycles. The molecule has 0 aliphatic rings. The van der Waals surface area contributed by atoms with E-state index < -0.39 is 5.97 Å². The average molecular weight is 329 g/mol. The summed E-state index contributed by atoms with van der Waals surface area (Å²) in [5.41, 5.74) is 0. The minimum Gasteiger partial charge on any atom is -0.512 e. The lowest BCUT2D eigenvalue weighted by Gasteiger charge is -2.05. The highest BCUT2D eigenvalue weighted by Gasteiger charge is 1.99. The molecule has 0 radical (unpaired) electrons. The van der Waals surface area contributed by atoms with Crippen LogP contribution in [0.1, 0.15) is 92.9 Å². The fraction of sp³-hybridized carbons (Fsp3) is 0.850. The van der Waals surface area contributed by atoms with Crippen molar-refractivity contribution >= 4 is 5.97 Å². The molecule has 3 nitrogen and oxygen atoms in total. The van der Waals surface area contributed by atoms with Crippen LogP contribution in [0.4, 0.5) is 0 Å². The minimum atomic E-state index is -1.08. The van der Waals surface area contributed by atoms with Gasteiger partial charge in [-0.1, -0.05) is 80.1 Å². The number of hydrogen-bond acceptors (Lipinski definition) is 2. The average Bonchev–Trinajstić information content (AvgIpc) is 2.39. The maximum absolute atomic E-state index is 10.1. The molecule has 0 saturated heterocycles. The summed E-state index contributed by atoms with van der Waals surface area (Å²) in [6, 6.07) is 0. The SMILES string of the molecule is CC(C)CCCCC(C)C.CC(C)CCCCC(O)=CC(=O)O. The van der Waals surface area contributed by atoms with Gasteiger partial charge in [-0.25, -0.2) is 4.79 Å². The van der Waals surface area contributed by atoms with Crippen LogP contribution in [0.15, 0.2) is 11.8 Å². The molecule has 0 rings (SSSR count). The topological polar surface area (TPSA) is 57.5 Å². The molecule has 0 aliphatic carbocycles. The standard InChI is InChI=1S/C10H18O3.C10H22/c1-8(2)5-3-4-6-9(11)7-10(12)13;1-9(2)7-5-6-8-10(3)4/h7-8,11H,3-6H2,1-2H3,(H,12,13);9-10H,5-8H2,1-4H3. The van der Waals surface area contributed by atoms with Crippen LogP contribution < -0.4 is 0 Å². The lowest BCUT2D eigenvalue weighted by atomic mass is 10.0. The number of hydrogen-bond donors (Lipinski definition) is 2. The molecule has 0 heterocycles. The van der Waals surface area contributed by atoms with E-state index in [1.807, 2.05) is 0 Å². The van der Waals surface area contributed by atoms with Crippen molar-refractivity contribution in [1.29, 1.82) is 0 Å². The first kappa shape index (κ1) is 24.3. The lowest BCUT2D eigenvalue weighted by molar-refractivity contribution is -0.131. The molecule has 0 saturated carbocycles. The molecule has 0 bridgehead atoms. The van der Waals surface area contributed by atoms with E-state index in [0.29, 0.717) is 12.3 Å². The van der Waals surface area contributed by atoms with Crippen LogP contribution in [0, 0.1) is 17.8 Å². The molecule has 23 heavy (non-hydrogen) atoms. The van der Waals surface area contributed by atoms with Gasteiger partial charge in [0.15, 0.2) is 0 Å². The molecule has 138 valence electrons. The molecule has 0 aliphatic heterocycles. The van der Waals surface area contributed by atoms with Crippen molar-refractivity contribution in [2.75, 3.05) is 0 Å². The van der Waals surface area contributed by atoms with Crippen LogP contribution in [0.2, 0.25) is 0 Å². The summed E-state index contributed by atoms with van der Waals surface area (Å²) < 4.78 is 0. The number of rotatable bonds is 11. The van der Waals surface area contributed by atoms with Crippen LogP contribution in [0.25, 0.3) is 0 Å². The van der Waals surface area contributed by atoms with Crippen LogP contribution >= 0.6 is 0 Å². The zero-order valence-electron chi connectivity index (χ0n) is 16.3. The molecular formula is C20H40O3. The molecule has 0 amide bonds. The van der Waals surface area contributed by atoms with E-state index in [0.717, 1.165) is 37.2 Å². The Balaban J connectivity index is 0. The highest BCUT2D eigenvalue weighted by molar-refractivity contribution is 5.80. The van der Waals surface area contributed by atoms with Gasteiger partial charge in [0.1, 0.15) is 0 Å². The predicted molar refractivity (Wildman–Crippen MR) is 99.8 cm³/mol. The molecular weight excluding hydrogens is 288 g/mol. The van der Waals surface area contributed by atoms with E-state index in [2.05, 4.69) is 41.5 Å². The number of unbranched alkanes of at least 4 members (excludes halogenated alkanes) is 2. The molecule has 0 aromatic rings. The van der Waals surface area contributed by atoms with Crippen LogP contribution in [-0.2, 0) is 4.79 Å². The summed E-state index contributed by atoms with van der Waals surface area (Å²) in [7, 11) is 0. The molecule has 0 fully saturated rings. The summed E-state index contributed by atoms with van der Waals surface area (Å²) in [6.07, 6.45) is 10.0. The van der Waals surface area contributed by atoms with Gasteiger partial charge >= 0.3 is 5.97 Å². The quantitative estimate of drug-likeness (QED) is 0.255. The number of carboxylic acids is 1. The number of aliphatic hydroxyl groups excluding tert-OH is 1. The second-order valence-electron chi connectivity index (χ2n) is 7.69. The van der Waals surface area contributed by atoms with Crippen molar-refractivity contribution in [2.24, 2.45) is 17.8 Å². The molecule has 3 heteroatoms. The Hall–Kier alpha value is -0.990. The number of carbonyl (C=O) groups is 1. The summed E-state index contributed by atoms with van der Waals surface area (Å²) in [4.78, 5) is 10.1. The summed E-state index contributed by atoms with van der Waals surface area (Å²) in [5.74, 6) is 1.35. The fourth-order valence-corrected chi connectivity index (χ4v) is 2.18. The molecule has 0 spiro atoms. The molecule has 0 atom stereocenters. The number of aliphatic carboxylic acids is 1. The summed E-state index contributed by atoms with van der Waals surface area (Å²) in [5, 5.41) is 17.4. The van der Waals surface area contributed by atoms with Gasteiger partial charge in [0.2, 0.25) is 0 Å². The largest absolute Gasteiger partial charge is 0.512 e. The van der Waals surface area contributed by atoms with Crippen molar-refractivity contribution in [1.82, 2.24) is 0 Å². The summed E-state index contributed by atoms with van der Waals surface area (Å²) in [6.45, 7) is 13.5. The third-order valence-corrected chi connectivity index (χ3v) is 3.57. The summed E-state index contributed by atoms with van der Waals surface area (Å²) >= 11 is 0. The number of aliphatic hydroxyl groups is 1. The van der Waals surface area contributed by atoms with Gasteiger partial charge < -0.3 is 10.2 Å². The van der Waals surface area contributed by atoms with E-state index in [-0.39, 0.29) is 5.76 Å². The van der Waals surface area contributed by atoms with Gasteiger partial charge in [-0.3, -0.25) is 0 Å². The van der Waals surface area contributed by atoms with E-state index in [4.69, 9.17) is 10.2 Å². The van der Waals surface area contributed by atoms with Gasteiger partial charge in [-0.05, 0) is 24.2 Å². The normalized spacial score (nSPS) is 11.8. The molecule has 0 unspecified atom stereocenters. The Morgan fingerprint density at radius 1 is 0.739 bits per heavy atom. The van der Waals surface area contributed by atoms with Gasteiger partial charge in [-0.15, -0.1) is 0 Å². The van der Waals surface area contributed by atoms with Crippen molar-refractivity contribution in [2.45, 2.75) is 92.9 Å². The van der Waals surface area contributed by atoms with Crippen LogP contribution in [0.5, 0.6) is 0 Å². The number of carboxylic acid groups (broad SMARTS) is 1. The van der Waals surface area contributed by atoms with Crippen molar-refractivity contribution < 1.29 is 15.0 Å². The highest BCUT2D eigenvalue weighted by Crippen LogP contribution is 2.12. The lowest BCUT2D eigenvalue weighted by Crippen LogP contribution is -1.93. The second kappa shape index (κ2) is 15.9. The Morgan fingerprint density at radius 2 is 1.09 bits per heavy atom. The fourth-order valence-electron chi connectivity index (χ4n) is 2.18. The van der Waals surface area contributed by atoms with Crippen LogP contribution in [-0.4, -0.2) is 16.2 Å². The Kier molecular flexibility index (Phi) is 16.8. The van der Waals surface area contributed by atoms with E-state index in [1.165, 1.54) is 25.7 Å². The van der Waals surface area contributed by atoms with Gasteiger partial charge in [0, 0.05) is 6.42 Å². The first-order valence-corrected chi connectivity index (χ1v) is 9.27. The van der Waals surface area contributed by atoms with E-state index in [1.54, 1.807) is 0 Å². The van der Waals surface area contributed by atoms with Crippen molar-refractivity contribution in [3.63, 3.8) is 0 Å². The van der Waals surface area contributed by atoms with Gasteiger partial charge in [0.05, 0.1) is 11.8 Å². The van der Waals surface area contributed by atoms with E-state index >= 15 is 0 Å². The maximum atomic E-state index is 10.1. The van der Waals surface area contributed by atoms with Gasteiger partial charge in [0.25, 0.3) is 0 Å². The van der Waals surface area contributed by atoms with Crippen molar-refractivity contribution in [3.8, 4) is 0 Å². The minimum absolute atomic E-state index is 0.0312. The first-order chi connectivity index (χ1) is 10.6. The molecule has 0 aromatic carbocycles. The smallest absolute Gasteiger partial charge is 0.331 e. The third-order valence-electron chi connectivity index (χ3n) is 3.57. The maximum Gasteiger partial charge on any atom is 0.331 e. The zero-order chi connectivity index (χ0) is 18.3. The van der Waals surface area contributed by atoms with Gasteiger partial charge in [-0.2, -0.15) is 0 Å².